The Morgan fingerprint density at radius 2 is 1.89 bits per heavy atom. The van der Waals surface area contributed by atoms with Gasteiger partial charge >= 0.3 is 0 Å². The Morgan fingerprint density at radius 1 is 1.26 bits per heavy atom. The fourth-order valence-electron chi connectivity index (χ4n) is 1.57. The Labute approximate surface area is 115 Å². The fraction of sp³-hybridized carbons (Fsp3) is 0.667. The third kappa shape index (κ3) is 6.53. The summed E-state index contributed by atoms with van der Waals surface area (Å²) in [6.07, 6.45) is 0. The van der Waals surface area contributed by atoms with E-state index in [1.54, 1.807) is 6.07 Å². The molecule has 19 heavy (non-hydrogen) atoms. The van der Waals surface area contributed by atoms with Gasteiger partial charge in [0.05, 0.1) is 0 Å². The third-order valence-electron chi connectivity index (χ3n) is 2.54. The van der Waals surface area contributed by atoms with Crippen molar-refractivity contribution in [1.29, 1.82) is 0 Å². The molecule has 1 N–H and O–H groups in total. The minimum Gasteiger partial charge on any atom is -0.441 e. The van der Waals surface area contributed by atoms with Crippen molar-refractivity contribution < 1.29 is 9.13 Å². The zero-order chi connectivity index (χ0) is 14.7. The number of rotatable bonds is 5. The summed E-state index contributed by atoms with van der Waals surface area (Å²) < 4.78 is 18.6. The van der Waals surface area contributed by atoms with Crippen LogP contribution in [0, 0.1) is 0 Å². The monoisotopic (exact) mass is 268 g/mol. The molecule has 0 amide bonds. The molecule has 0 aliphatic heterocycles. The molecule has 0 radical (unpaired) electrons. The second-order valence-corrected chi connectivity index (χ2v) is 6.40. The minimum absolute atomic E-state index is 0.0727. The highest BCUT2D eigenvalue weighted by molar-refractivity contribution is 5.19. The zero-order valence-corrected chi connectivity index (χ0v) is 12.7. The SMILES string of the molecule is C[C@H](CNC(C)(C)C)c1cccc(OC(C)(C)F)n1. The van der Waals surface area contributed by atoms with Crippen LogP contribution in [0.4, 0.5) is 4.39 Å². The first-order chi connectivity index (χ1) is 8.57. The van der Waals surface area contributed by atoms with E-state index in [2.05, 4.69) is 38.0 Å². The van der Waals surface area contributed by atoms with Gasteiger partial charge in [0.25, 0.3) is 0 Å². The lowest BCUT2D eigenvalue weighted by atomic mass is 10.0. The largest absolute Gasteiger partial charge is 0.441 e. The van der Waals surface area contributed by atoms with E-state index in [9.17, 15) is 4.39 Å². The normalized spacial score (nSPS) is 14.3. The molecule has 0 aliphatic rings. The molecule has 0 spiro atoms. The van der Waals surface area contributed by atoms with Crippen LogP contribution in [0.15, 0.2) is 18.2 Å². The lowest BCUT2D eigenvalue weighted by Crippen LogP contribution is -2.38. The van der Waals surface area contributed by atoms with Gasteiger partial charge in [0, 0.05) is 43.6 Å². The molecule has 0 fully saturated rings. The molecule has 4 heteroatoms. The van der Waals surface area contributed by atoms with Crippen LogP contribution in [-0.4, -0.2) is 22.9 Å². The van der Waals surface area contributed by atoms with Crippen molar-refractivity contribution in [1.82, 2.24) is 10.3 Å². The predicted octanol–water partition coefficient (Wildman–Crippen LogP) is 3.66. The first kappa shape index (κ1) is 15.9. The van der Waals surface area contributed by atoms with Gasteiger partial charge in [-0.15, -0.1) is 0 Å². The molecule has 1 aromatic rings. The van der Waals surface area contributed by atoms with Crippen LogP contribution in [0.2, 0.25) is 0 Å². The molecular weight excluding hydrogens is 243 g/mol. The van der Waals surface area contributed by atoms with Crippen molar-refractivity contribution in [3.8, 4) is 5.88 Å². The van der Waals surface area contributed by atoms with Crippen LogP contribution in [0.25, 0.3) is 0 Å². The molecule has 3 nitrogen and oxygen atoms in total. The van der Waals surface area contributed by atoms with E-state index >= 15 is 0 Å². The average molecular weight is 268 g/mol. The summed E-state index contributed by atoms with van der Waals surface area (Å²) in [5.41, 5.74) is 0.974. The van der Waals surface area contributed by atoms with Gasteiger partial charge in [-0.05, 0) is 26.8 Å². The predicted molar refractivity (Wildman–Crippen MR) is 76.2 cm³/mol. The summed E-state index contributed by atoms with van der Waals surface area (Å²) >= 11 is 0. The minimum atomic E-state index is -1.71. The van der Waals surface area contributed by atoms with Gasteiger partial charge in [0.2, 0.25) is 11.7 Å². The maximum atomic E-state index is 13.4. The number of hydrogen-bond donors (Lipinski definition) is 1. The van der Waals surface area contributed by atoms with Gasteiger partial charge in [0.15, 0.2) is 0 Å². The van der Waals surface area contributed by atoms with Gasteiger partial charge in [-0.25, -0.2) is 4.98 Å². The molecule has 0 unspecified atom stereocenters. The fourth-order valence-corrected chi connectivity index (χ4v) is 1.57. The van der Waals surface area contributed by atoms with Crippen LogP contribution in [0.1, 0.15) is 53.2 Å². The summed E-state index contributed by atoms with van der Waals surface area (Å²) in [5, 5.41) is 3.43. The molecule has 0 bridgehead atoms. The number of halogens is 1. The molecule has 0 aliphatic carbocycles. The van der Waals surface area contributed by atoms with Gasteiger partial charge in [-0.3, -0.25) is 0 Å². The van der Waals surface area contributed by atoms with E-state index < -0.39 is 5.85 Å². The number of hydrogen-bond acceptors (Lipinski definition) is 3. The Bertz CT molecular complexity index is 407. The number of alkyl halides is 1. The molecule has 0 saturated heterocycles. The Kier molecular flexibility index (Phi) is 4.91. The van der Waals surface area contributed by atoms with Crippen molar-refractivity contribution >= 4 is 0 Å². The highest BCUT2D eigenvalue weighted by Crippen LogP contribution is 2.20. The molecule has 1 rings (SSSR count). The smallest absolute Gasteiger partial charge is 0.244 e. The van der Waals surface area contributed by atoms with Gasteiger partial charge < -0.3 is 10.1 Å². The number of nitrogens with zero attached hydrogens (tertiary/aromatic N) is 1. The van der Waals surface area contributed by atoms with Crippen LogP contribution in [-0.2, 0) is 0 Å². The maximum absolute atomic E-state index is 13.4. The molecule has 1 aromatic heterocycles. The van der Waals surface area contributed by atoms with Gasteiger partial charge in [0.1, 0.15) is 0 Å². The van der Waals surface area contributed by atoms with Crippen LogP contribution in [0.5, 0.6) is 5.88 Å². The molecule has 0 saturated carbocycles. The first-order valence-electron chi connectivity index (χ1n) is 6.67. The highest BCUT2D eigenvalue weighted by Gasteiger charge is 2.19. The summed E-state index contributed by atoms with van der Waals surface area (Å²) in [6, 6.07) is 5.46. The first-order valence-corrected chi connectivity index (χ1v) is 6.67. The quantitative estimate of drug-likeness (QED) is 0.885. The van der Waals surface area contributed by atoms with E-state index in [1.165, 1.54) is 13.8 Å². The zero-order valence-electron chi connectivity index (χ0n) is 12.7. The van der Waals surface area contributed by atoms with Crippen LogP contribution >= 0.6 is 0 Å². The Balaban J connectivity index is 2.70. The lowest BCUT2D eigenvalue weighted by molar-refractivity contribution is -0.0294. The Morgan fingerprint density at radius 3 is 2.42 bits per heavy atom. The summed E-state index contributed by atoms with van der Waals surface area (Å²) in [5.74, 6) is -1.14. The summed E-state index contributed by atoms with van der Waals surface area (Å²) in [4.78, 5) is 4.36. The summed E-state index contributed by atoms with van der Waals surface area (Å²) in [6.45, 7) is 12.0. The van der Waals surface area contributed by atoms with Crippen LogP contribution < -0.4 is 10.1 Å². The lowest BCUT2D eigenvalue weighted by Gasteiger charge is -2.23. The number of pyridine rings is 1. The van der Waals surface area contributed by atoms with E-state index in [1.807, 2.05) is 12.1 Å². The van der Waals surface area contributed by atoms with E-state index in [0.717, 1.165) is 12.2 Å². The molecule has 1 heterocycles. The Hall–Kier alpha value is -1.16. The van der Waals surface area contributed by atoms with Gasteiger partial charge in [-0.2, -0.15) is 4.39 Å². The topological polar surface area (TPSA) is 34.1 Å². The second kappa shape index (κ2) is 5.87. The van der Waals surface area contributed by atoms with Crippen molar-refractivity contribution in [3.05, 3.63) is 23.9 Å². The molecule has 108 valence electrons. The molecular formula is C15H25FN2O. The standard InChI is InChI=1S/C15H25FN2O/c1-11(10-17-14(2,3)4)12-8-7-9-13(18-12)19-15(5,6)16/h7-9,11,17H,10H2,1-6H3/t11-/m1/s1. The maximum Gasteiger partial charge on any atom is 0.244 e. The molecule has 1 atom stereocenters. The number of ether oxygens (including phenoxy) is 1. The van der Waals surface area contributed by atoms with Crippen LogP contribution in [0.3, 0.4) is 0 Å². The van der Waals surface area contributed by atoms with E-state index in [4.69, 9.17) is 4.74 Å². The second-order valence-electron chi connectivity index (χ2n) is 6.40. The van der Waals surface area contributed by atoms with Crippen molar-refractivity contribution in [2.75, 3.05) is 6.54 Å². The highest BCUT2D eigenvalue weighted by atomic mass is 19.2. The van der Waals surface area contributed by atoms with E-state index in [-0.39, 0.29) is 11.5 Å². The molecule has 0 aromatic carbocycles. The third-order valence-corrected chi connectivity index (χ3v) is 2.54. The number of aromatic nitrogens is 1. The number of nitrogens with one attached hydrogen (secondary N) is 1. The van der Waals surface area contributed by atoms with Crippen molar-refractivity contribution in [2.24, 2.45) is 0 Å². The van der Waals surface area contributed by atoms with E-state index in [0.29, 0.717) is 5.88 Å². The average Bonchev–Trinajstić information content (AvgIpc) is 2.23. The van der Waals surface area contributed by atoms with Crippen molar-refractivity contribution in [3.63, 3.8) is 0 Å². The van der Waals surface area contributed by atoms with Gasteiger partial charge in [-0.1, -0.05) is 13.0 Å². The van der Waals surface area contributed by atoms with Crippen molar-refractivity contribution in [2.45, 2.75) is 58.9 Å². The summed E-state index contributed by atoms with van der Waals surface area (Å²) in [7, 11) is 0.